The lowest BCUT2D eigenvalue weighted by Gasteiger charge is -2.05. The lowest BCUT2D eigenvalue weighted by Crippen LogP contribution is -2.01. The Hall–Kier alpha value is -3.15. The summed E-state index contributed by atoms with van der Waals surface area (Å²) in [6, 6.07) is 16.0. The van der Waals surface area contributed by atoms with Gasteiger partial charge in [0.1, 0.15) is 5.75 Å². The first-order valence-electron chi connectivity index (χ1n) is 7.64. The summed E-state index contributed by atoms with van der Waals surface area (Å²) in [6.45, 7) is 2.45. The van der Waals surface area contributed by atoms with Crippen LogP contribution in [0.15, 0.2) is 53.1 Å². The molecule has 0 atom stereocenters. The highest BCUT2D eigenvalue weighted by Gasteiger charge is 2.17. The van der Waals surface area contributed by atoms with Gasteiger partial charge < -0.3 is 9.26 Å². The number of fused-ring (bicyclic) bond motifs is 1. The van der Waals surface area contributed by atoms with Gasteiger partial charge in [0.05, 0.1) is 19.2 Å². The molecule has 0 saturated carbocycles. The fourth-order valence-corrected chi connectivity index (χ4v) is 2.70. The monoisotopic (exact) mass is 320 g/mol. The molecule has 0 amide bonds. The van der Waals surface area contributed by atoms with Gasteiger partial charge in [-0.05, 0) is 30.7 Å². The molecule has 2 aromatic carbocycles. The van der Waals surface area contributed by atoms with Crippen LogP contribution in [0.5, 0.6) is 5.75 Å². The number of para-hydroxylation sites is 1. The lowest BCUT2D eigenvalue weighted by molar-refractivity contribution is 0.414. The third-order valence-corrected chi connectivity index (χ3v) is 3.88. The number of benzene rings is 2. The Kier molecular flexibility index (Phi) is 3.49. The molecule has 2 heterocycles. The number of methoxy groups -OCH3 is 1. The normalized spacial score (nSPS) is 11.1. The first-order chi connectivity index (χ1) is 11.7. The molecule has 4 aromatic rings. The average molecular weight is 320 g/mol. The standard InChI is InChI=1S/C18H16N4O2/c1-12-19-18(24-21-12)17-15-5-3-4-6-16(15)22(20-17)11-13-7-9-14(23-2)10-8-13/h3-10H,11H2,1-2H3. The van der Waals surface area contributed by atoms with Crippen LogP contribution in [0.3, 0.4) is 0 Å². The zero-order valence-corrected chi connectivity index (χ0v) is 13.4. The number of aryl methyl sites for hydroxylation is 1. The summed E-state index contributed by atoms with van der Waals surface area (Å²) in [5.74, 6) is 1.88. The predicted octanol–water partition coefficient (Wildman–Crippen LogP) is 3.45. The van der Waals surface area contributed by atoms with E-state index >= 15 is 0 Å². The summed E-state index contributed by atoms with van der Waals surface area (Å²) < 4.78 is 12.5. The molecule has 0 N–H and O–H groups in total. The summed E-state index contributed by atoms with van der Waals surface area (Å²) in [6.07, 6.45) is 0. The first kappa shape index (κ1) is 14.4. The average Bonchev–Trinajstić information content (AvgIpc) is 3.20. The summed E-state index contributed by atoms with van der Waals surface area (Å²) in [5.41, 5.74) is 2.87. The number of rotatable bonds is 4. The zero-order chi connectivity index (χ0) is 16.5. The van der Waals surface area contributed by atoms with Crippen molar-refractivity contribution < 1.29 is 9.26 Å². The Bertz CT molecular complexity index is 986. The Morgan fingerprint density at radius 2 is 1.88 bits per heavy atom. The molecule has 2 aromatic heterocycles. The topological polar surface area (TPSA) is 66.0 Å². The maximum Gasteiger partial charge on any atom is 0.279 e. The van der Waals surface area contributed by atoms with Gasteiger partial charge in [-0.1, -0.05) is 35.5 Å². The minimum absolute atomic E-state index is 0.442. The molecule has 6 nitrogen and oxygen atoms in total. The minimum atomic E-state index is 0.442. The van der Waals surface area contributed by atoms with Crippen LogP contribution in [0, 0.1) is 6.92 Å². The first-order valence-corrected chi connectivity index (χ1v) is 7.64. The van der Waals surface area contributed by atoms with E-state index in [0.717, 1.165) is 22.2 Å². The van der Waals surface area contributed by atoms with Gasteiger partial charge in [0.15, 0.2) is 11.5 Å². The van der Waals surface area contributed by atoms with Crippen molar-refractivity contribution >= 4 is 10.9 Å². The quantitative estimate of drug-likeness (QED) is 0.576. The van der Waals surface area contributed by atoms with Crippen LogP contribution in [0.25, 0.3) is 22.5 Å². The van der Waals surface area contributed by atoms with Crippen LogP contribution in [0.2, 0.25) is 0 Å². The van der Waals surface area contributed by atoms with Gasteiger partial charge in [0.2, 0.25) is 0 Å². The molecular weight excluding hydrogens is 304 g/mol. The molecule has 0 spiro atoms. The Morgan fingerprint density at radius 1 is 1.08 bits per heavy atom. The van der Waals surface area contributed by atoms with Gasteiger partial charge in [-0.25, -0.2) is 0 Å². The lowest BCUT2D eigenvalue weighted by atomic mass is 10.2. The van der Waals surface area contributed by atoms with Crippen LogP contribution in [-0.4, -0.2) is 27.0 Å². The second kappa shape index (κ2) is 5.81. The van der Waals surface area contributed by atoms with Gasteiger partial charge in [-0.3, -0.25) is 4.68 Å². The Labute approximate surface area is 138 Å². The van der Waals surface area contributed by atoms with Crippen molar-refractivity contribution in [2.24, 2.45) is 0 Å². The third kappa shape index (κ3) is 2.52. The molecule has 0 aliphatic heterocycles. The number of nitrogens with zero attached hydrogens (tertiary/aromatic N) is 4. The molecule has 120 valence electrons. The van der Waals surface area contributed by atoms with Crippen molar-refractivity contribution in [3.63, 3.8) is 0 Å². The van der Waals surface area contributed by atoms with Crippen LogP contribution >= 0.6 is 0 Å². The third-order valence-electron chi connectivity index (χ3n) is 3.88. The van der Waals surface area contributed by atoms with Crippen molar-refractivity contribution in [2.45, 2.75) is 13.5 Å². The molecule has 4 rings (SSSR count). The van der Waals surface area contributed by atoms with Crippen LogP contribution in [0.1, 0.15) is 11.4 Å². The fraction of sp³-hybridized carbons (Fsp3) is 0.167. The van der Waals surface area contributed by atoms with E-state index in [9.17, 15) is 0 Å². The smallest absolute Gasteiger partial charge is 0.279 e. The highest BCUT2D eigenvalue weighted by Crippen LogP contribution is 2.27. The van der Waals surface area contributed by atoms with E-state index in [2.05, 4.69) is 10.1 Å². The van der Waals surface area contributed by atoms with Crippen molar-refractivity contribution in [1.82, 2.24) is 19.9 Å². The van der Waals surface area contributed by atoms with Crippen molar-refractivity contribution in [1.29, 1.82) is 0 Å². The summed E-state index contributed by atoms with van der Waals surface area (Å²) in [5, 5.41) is 9.56. The molecule has 0 saturated heterocycles. The Morgan fingerprint density at radius 3 is 2.58 bits per heavy atom. The molecule has 0 fully saturated rings. The fourth-order valence-electron chi connectivity index (χ4n) is 2.70. The second-order valence-electron chi connectivity index (χ2n) is 5.52. The molecule has 0 unspecified atom stereocenters. The predicted molar refractivity (Wildman–Crippen MR) is 89.9 cm³/mol. The highest BCUT2D eigenvalue weighted by molar-refractivity contribution is 5.91. The van der Waals surface area contributed by atoms with E-state index in [4.69, 9.17) is 14.4 Å². The molecule has 6 heteroatoms. The Balaban J connectivity index is 1.77. The SMILES string of the molecule is COc1ccc(Cn2nc(-c3nc(C)no3)c3ccccc32)cc1. The van der Waals surface area contributed by atoms with E-state index in [1.807, 2.05) is 53.2 Å². The van der Waals surface area contributed by atoms with Crippen LogP contribution in [-0.2, 0) is 6.54 Å². The van der Waals surface area contributed by atoms with E-state index in [0.29, 0.717) is 24.0 Å². The van der Waals surface area contributed by atoms with E-state index in [1.54, 1.807) is 14.0 Å². The van der Waals surface area contributed by atoms with Gasteiger partial charge in [0, 0.05) is 5.39 Å². The molecule has 0 aliphatic rings. The van der Waals surface area contributed by atoms with Crippen LogP contribution < -0.4 is 4.74 Å². The van der Waals surface area contributed by atoms with Crippen LogP contribution in [0.4, 0.5) is 0 Å². The maximum absolute atomic E-state index is 5.30. The van der Waals surface area contributed by atoms with Gasteiger partial charge in [0.25, 0.3) is 5.89 Å². The summed E-state index contributed by atoms with van der Waals surface area (Å²) in [4.78, 5) is 4.30. The molecule has 0 bridgehead atoms. The second-order valence-corrected chi connectivity index (χ2v) is 5.52. The van der Waals surface area contributed by atoms with Gasteiger partial charge in [-0.2, -0.15) is 10.1 Å². The number of hydrogen-bond acceptors (Lipinski definition) is 5. The molecule has 0 radical (unpaired) electrons. The van der Waals surface area contributed by atoms with E-state index in [1.165, 1.54) is 0 Å². The zero-order valence-electron chi connectivity index (χ0n) is 13.4. The molecule has 24 heavy (non-hydrogen) atoms. The summed E-state index contributed by atoms with van der Waals surface area (Å²) >= 11 is 0. The minimum Gasteiger partial charge on any atom is -0.497 e. The number of ether oxygens (including phenoxy) is 1. The molecule has 0 aliphatic carbocycles. The van der Waals surface area contributed by atoms with Crippen molar-refractivity contribution in [3.05, 3.63) is 59.9 Å². The van der Waals surface area contributed by atoms with Gasteiger partial charge in [-0.15, -0.1) is 0 Å². The van der Waals surface area contributed by atoms with Crippen molar-refractivity contribution in [2.75, 3.05) is 7.11 Å². The van der Waals surface area contributed by atoms with Crippen molar-refractivity contribution in [3.8, 4) is 17.3 Å². The van der Waals surface area contributed by atoms with E-state index in [-0.39, 0.29) is 0 Å². The number of hydrogen-bond donors (Lipinski definition) is 0. The maximum atomic E-state index is 5.30. The molecular formula is C18H16N4O2. The largest absolute Gasteiger partial charge is 0.497 e. The summed E-state index contributed by atoms with van der Waals surface area (Å²) in [7, 11) is 1.66. The van der Waals surface area contributed by atoms with E-state index < -0.39 is 0 Å². The highest BCUT2D eigenvalue weighted by atomic mass is 16.5. The number of aromatic nitrogens is 4. The van der Waals surface area contributed by atoms with Gasteiger partial charge >= 0.3 is 0 Å².